The smallest absolute Gasteiger partial charge is 0.337 e. The zero-order valence-electron chi connectivity index (χ0n) is 17.5. The number of esters is 1. The lowest BCUT2D eigenvalue weighted by atomic mass is 10.1. The van der Waals surface area contributed by atoms with Gasteiger partial charge >= 0.3 is 5.97 Å². The van der Waals surface area contributed by atoms with Crippen LogP contribution in [-0.2, 0) is 11.3 Å². The molecule has 0 amide bonds. The summed E-state index contributed by atoms with van der Waals surface area (Å²) >= 11 is 0. The molecule has 0 spiro atoms. The molecule has 1 aliphatic rings. The van der Waals surface area contributed by atoms with Crippen molar-refractivity contribution in [3.8, 4) is 0 Å². The predicted octanol–water partition coefficient (Wildman–Crippen LogP) is 2.79. The molecule has 2 aromatic heterocycles. The Labute approximate surface area is 178 Å². The van der Waals surface area contributed by atoms with Crippen LogP contribution in [0, 0.1) is 6.92 Å². The molecule has 0 radical (unpaired) electrons. The largest absolute Gasteiger partial charge is 0.465 e. The number of anilines is 1. The molecule has 1 saturated heterocycles. The van der Waals surface area contributed by atoms with Gasteiger partial charge in [0.05, 0.1) is 30.1 Å². The van der Waals surface area contributed by atoms with E-state index >= 15 is 0 Å². The molecule has 0 atom stereocenters. The first-order chi connectivity index (χ1) is 15.1. The molecule has 8 heteroatoms. The number of aromatic nitrogens is 4. The van der Waals surface area contributed by atoms with Crippen LogP contribution in [0.25, 0.3) is 16.7 Å². The van der Waals surface area contributed by atoms with Crippen molar-refractivity contribution >= 4 is 28.6 Å². The highest BCUT2D eigenvalue weighted by atomic mass is 16.5. The van der Waals surface area contributed by atoms with E-state index in [1.807, 2.05) is 41.7 Å². The lowest BCUT2D eigenvalue weighted by molar-refractivity contribution is 0.0600. The minimum Gasteiger partial charge on any atom is -0.465 e. The normalized spacial score (nSPS) is 13.9. The fourth-order valence-electron chi connectivity index (χ4n) is 4.22. The summed E-state index contributed by atoms with van der Waals surface area (Å²) in [6, 6.07) is 13.0. The maximum absolute atomic E-state index is 13.4. The van der Waals surface area contributed by atoms with Gasteiger partial charge in [0.15, 0.2) is 0 Å². The average Bonchev–Trinajstić information content (AvgIpc) is 3.46. The van der Waals surface area contributed by atoms with Gasteiger partial charge in [0, 0.05) is 13.1 Å². The molecule has 0 bridgehead atoms. The third-order valence-corrected chi connectivity index (χ3v) is 5.84. The first kappa shape index (κ1) is 19.3. The molecular weight excluding hydrogens is 394 g/mol. The van der Waals surface area contributed by atoms with Gasteiger partial charge in [-0.3, -0.25) is 9.36 Å². The number of hydrogen-bond acceptors (Lipinski definition) is 6. The van der Waals surface area contributed by atoms with Crippen LogP contribution in [0.1, 0.15) is 34.3 Å². The molecular formula is C23H23N5O3. The lowest BCUT2D eigenvalue weighted by Gasteiger charge is -2.17. The van der Waals surface area contributed by atoms with E-state index in [-0.39, 0.29) is 11.5 Å². The van der Waals surface area contributed by atoms with Gasteiger partial charge in [-0.1, -0.05) is 23.8 Å². The van der Waals surface area contributed by atoms with Crippen molar-refractivity contribution in [3.05, 3.63) is 69.5 Å². The van der Waals surface area contributed by atoms with Crippen molar-refractivity contribution in [3.63, 3.8) is 0 Å². The van der Waals surface area contributed by atoms with E-state index in [1.54, 1.807) is 16.7 Å². The summed E-state index contributed by atoms with van der Waals surface area (Å²) in [6.07, 6.45) is 2.25. The van der Waals surface area contributed by atoms with Crippen molar-refractivity contribution in [2.75, 3.05) is 25.1 Å². The van der Waals surface area contributed by atoms with Gasteiger partial charge in [0.1, 0.15) is 0 Å². The Balaban J connectivity index is 1.69. The summed E-state index contributed by atoms with van der Waals surface area (Å²) in [4.78, 5) is 27.4. The number of fused-ring (bicyclic) bond motifs is 3. The van der Waals surface area contributed by atoms with Gasteiger partial charge in [0.2, 0.25) is 11.7 Å². The molecule has 0 aliphatic carbocycles. The van der Waals surface area contributed by atoms with Crippen molar-refractivity contribution in [2.24, 2.45) is 0 Å². The molecule has 4 aromatic rings. The van der Waals surface area contributed by atoms with Gasteiger partial charge in [-0.05, 0) is 49.6 Å². The highest BCUT2D eigenvalue weighted by molar-refractivity contribution is 5.89. The Morgan fingerprint density at radius 2 is 1.81 bits per heavy atom. The van der Waals surface area contributed by atoms with E-state index in [0.29, 0.717) is 23.3 Å². The van der Waals surface area contributed by atoms with Crippen LogP contribution in [-0.4, -0.2) is 45.3 Å². The Morgan fingerprint density at radius 3 is 2.52 bits per heavy atom. The van der Waals surface area contributed by atoms with E-state index in [4.69, 9.17) is 4.74 Å². The van der Waals surface area contributed by atoms with Crippen LogP contribution < -0.4 is 10.5 Å². The highest BCUT2D eigenvalue weighted by Crippen LogP contribution is 2.24. The summed E-state index contributed by atoms with van der Waals surface area (Å²) in [5, 5.41) is 9.51. The van der Waals surface area contributed by atoms with Crippen molar-refractivity contribution < 1.29 is 9.53 Å². The van der Waals surface area contributed by atoms with Crippen LogP contribution in [0.4, 0.5) is 5.95 Å². The number of carbonyl (C=O) groups excluding carboxylic acids is 1. The van der Waals surface area contributed by atoms with Crippen LogP contribution in [0.3, 0.4) is 0 Å². The monoisotopic (exact) mass is 417 g/mol. The molecule has 5 rings (SSSR count). The number of nitrogens with zero attached hydrogens (tertiary/aromatic N) is 5. The molecule has 31 heavy (non-hydrogen) atoms. The van der Waals surface area contributed by atoms with E-state index < -0.39 is 0 Å². The Hall–Kier alpha value is -3.68. The number of carbonyl (C=O) groups is 1. The van der Waals surface area contributed by atoms with E-state index in [0.717, 1.165) is 48.5 Å². The fourth-order valence-corrected chi connectivity index (χ4v) is 4.22. The molecule has 3 heterocycles. The molecule has 158 valence electrons. The molecule has 0 saturated carbocycles. The SMILES string of the molecule is COC(=O)c1ccc(Cn2c(=O)c3cc(C)ccc3n3c(N4CCCC4)nnc23)cc1. The minimum atomic E-state index is -0.389. The summed E-state index contributed by atoms with van der Waals surface area (Å²) in [6.45, 7) is 4.17. The maximum Gasteiger partial charge on any atom is 0.337 e. The van der Waals surface area contributed by atoms with E-state index in [1.165, 1.54) is 7.11 Å². The van der Waals surface area contributed by atoms with E-state index in [2.05, 4.69) is 15.1 Å². The van der Waals surface area contributed by atoms with Crippen molar-refractivity contribution in [1.29, 1.82) is 0 Å². The quantitative estimate of drug-likeness (QED) is 0.475. The maximum atomic E-state index is 13.4. The van der Waals surface area contributed by atoms with Crippen LogP contribution in [0.15, 0.2) is 47.3 Å². The second kappa shape index (κ2) is 7.54. The second-order valence-corrected chi connectivity index (χ2v) is 7.93. The van der Waals surface area contributed by atoms with Crippen molar-refractivity contribution in [2.45, 2.75) is 26.3 Å². The number of benzene rings is 2. The summed E-state index contributed by atoms with van der Waals surface area (Å²) in [5.41, 5.74) is 3.08. The predicted molar refractivity (Wildman–Crippen MR) is 118 cm³/mol. The number of rotatable bonds is 4. The van der Waals surface area contributed by atoms with Gasteiger partial charge in [0.25, 0.3) is 5.56 Å². The molecule has 0 unspecified atom stereocenters. The first-order valence-electron chi connectivity index (χ1n) is 10.4. The summed E-state index contributed by atoms with van der Waals surface area (Å²) in [7, 11) is 1.35. The molecule has 8 nitrogen and oxygen atoms in total. The van der Waals surface area contributed by atoms with Gasteiger partial charge in [-0.25, -0.2) is 9.20 Å². The number of aryl methyl sites for hydroxylation is 1. The van der Waals surface area contributed by atoms with Crippen LogP contribution in [0.5, 0.6) is 0 Å². The van der Waals surface area contributed by atoms with Gasteiger partial charge < -0.3 is 9.64 Å². The molecule has 2 aromatic carbocycles. The minimum absolute atomic E-state index is 0.108. The Morgan fingerprint density at radius 1 is 1.06 bits per heavy atom. The van der Waals surface area contributed by atoms with E-state index in [9.17, 15) is 9.59 Å². The Kier molecular flexibility index (Phi) is 4.69. The zero-order chi connectivity index (χ0) is 21.5. The summed E-state index contributed by atoms with van der Waals surface area (Å²) < 4.78 is 8.41. The number of methoxy groups -OCH3 is 1. The fraction of sp³-hybridized carbons (Fsp3) is 0.304. The molecule has 1 aliphatic heterocycles. The van der Waals surface area contributed by atoms with Crippen molar-refractivity contribution in [1.82, 2.24) is 19.2 Å². The standard InChI is InChI=1S/C23H23N5O3/c1-15-5-10-19-18(13-15)20(29)27(14-16-6-8-17(9-7-16)21(30)31-2)23-25-24-22(28(19)23)26-11-3-4-12-26/h5-10,13H,3-4,11-12,14H2,1-2H3. The topological polar surface area (TPSA) is 81.7 Å². The molecule has 1 fully saturated rings. The Bertz CT molecular complexity index is 1350. The summed E-state index contributed by atoms with van der Waals surface area (Å²) in [5.74, 6) is 0.899. The highest BCUT2D eigenvalue weighted by Gasteiger charge is 2.22. The zero-order valence-corrected chi connectivity index (χ0v) is 17.5. The third-order valence-electron chi connectivity index (χ3n) is 5.84. The van der Waals surface area contributed by atoms with Crippen LogP contribution in [0.2, 0.25) is 0 Å². The average molecular weight is 417 g/mol. The van der Waals surface area contributed by atoms with Crippen LogP contribution >= 0.6 is 0 Å². The number of ether oxygens (including phenoxy) is 1. The lowest BCUT2D eigenvalue weighted by Crippen LogP contribution is -2.26. The third kappa shape index (κ3) is 3.24. The second-order valence-electron chi connectivity index (χ2n) is 7.93. The van der Waals surface area contributed by atoms with Gasteiger partial charge in [-0.15, -0.1) is 10.2 Å². The number of hydrogen-bond donors (Lipinski definition) is 0. The first-order valence-corrected chi connectivity index (χ1v) is 10.4. The van der Waals surface area contributed by atoms with Gasteiger partial charge in [-0.2, -0.15) is 0 Å². The molecule has 0 N–H and O–H groups in total.